The van der Waals surface area contributed by atoms with Crippen molar-refractivity contribution in [1.29, 1.82) is 0 Å². The Morgan fingerprint density at radius 1 is 1.41 bits per heavy atom. The van der Waals surface area contributed by atoms with E-state index in [9.17, 15) is 4.79 Å². The Kier molecular flexibility index (Phi) is 6.60. The predicted molar refractivity (Wildman–Crippen MR) is 75.4 cm³/mol. The van der Waals surface area contributed by atoms with Gasteiger partial charge in [0.25, 0.3) is 0 Å². The minimum absolute atomic E-state index is 0.144. The van der Waals surface area contributed by atoms with Crippen molar-refractivity contribution in [2.45, 2.75) is 19.8 Å². The molecular formula is C13H17BrClNO. The second-order valence-electron chi connectivity index (χ2n) is 3.88. The van der Waals surface area contributed by atoms with Gasteiger partial charge in [0, 0.05) is 23.4 Å². The molecule has 0 radical (unpaired) electrons. The number of benzene rings is 1. The highest BCUT2D eigenvalue weighted by Gasteiger charge is 2.12. The highest BCUT2D eigenvalue weighted by molar-refractivity contribution is 9.10. The van der Waals surface area contributed by atoms with E-state index in [2.05, 4.69) is 22.9 Å². The Balaban J connectivity index is 2.62. The number of amides is 1. The van der Waals surface area contributed by atoms with Gasteiger partial charge in [-0.05, 0) is 24.1 Å². The van der Waals surface area contributed by atoms with Gasteiger partial charge < -0.3 is 4.90 Å². The average Bonchev–Trinajstić information content (AvgIpc) is 2.28. The normalized spacial score (nSPS) is 10.3. The Hall–Kier alpha value is -0.540. The third-order valence-electron chi connectivity index (χ3n) is 2.45. The van der Waals surface area contributed by atoms with E-state index in [0.29, 0.717) is 18.8 Å². The zero-order valence-electron chi connectivity index (χ0n) is 9.96. The summed E-state index contributed by atoms with van der Waals surface area (Å²) in [7, 11) is 0. The topological polar surface area (TPSA) is 20.3 Å². The molecule has 4 heteroatoms. The molecule has 0 saturated carbocycles. The van der Waals surface area contributed by atoms with E-state index in [-0.39, 0.29) is 5.91 Å². The maximum atomic E-state index is 12.1. The molecule has 17 heavy (non-hydrogen) atoms. The molecule has 0 spiro atoms. The van der Waals surface area contributed by atoms with Crippen LogP contribution in [0.2, 0.25) is 0 Å². The number of halogens is 2. The Labute approximate surface area is 116 Å². The second kappa shape index (κ2) is 7.72. The monoisotopic (exact) mass is 317 g/mol. The van der Waals surface area contributed by atoms with Crippen LogP contribution < -0.4 is 0 Å². The Morgan fingerprint density at radius 3 is 2.76 bits per heavy atom. The van der Waals surface area contributed by atoms with Crippen LogP contribution in [0.4, 0.5) is 0 Å². The summed E-state index contributed by atoms with van der Waals surface area (Å²) in [4.78, 5) is 13.9. The SMILES string of the molecule is CCCN(CCCl)C(=O)Cc1cccc(Br)c1. The van der Waals surface area contributed by atoms with Crippen molar-refractivity contribution in [3.63, 3.8) is 0 Å². The molecule has 0 aromatic heterocycles. The lowest BCUT2D eigenvalue weighted by atomic mass is 10.1. The van der Waals surface area contributed by atoms with Gasteiger partial charge in [-0.1, -0.05) is 35.0 Å². The summed E-state index contributed by atoms with van der Waals surface area (Å²) in [6, 6.07) is 7.84. The van der Waals surface area contributed by atoms with Crippen LogP contribution >= 0.6 is 27.5 Å². The van der Waals surface area contributed by atoms with Gasteiger partial charge in [-0.15, -0.1) is 11.6 Å². The first kappa shape index (κ1) is 14.5. The van der Waals surface area contributed by atoms with Crippen molar-refractivity contribution in [2.24, 2.45) is 0 Å². The molecule has 0 aliphatic heterocycles. The summed E-state index contributed by atoms with van der Waals surface area (Å²) in [5.74, 6) is 0.634. The van der Waals surface area contributed by atoms with E-state index in [1.54, 1.807) is 0 Å². The summed E-state index contributed by atoms with van der Waals surface area (Å²) < 4.78 is 1.00. The molecule has 2 nitrogen and oxygen atoms in total. The van der Waals surface area contributed by atoms with Crippen LogP contribution in [0.3, 0.4) is 0 Å². The van der Waals surface area contributed by atoms with E-state index in [4.69, 9.17) is 11.6 Å². The summed E-state index contributed by atoms with van der Waals surface area (Å²) in [6.45, 7) is 3.47. The molecule has 1 aromatic rings. The maximum absolute atomic E-state index is 12.1. The third-order valence-corrected chi connectivity index (χ3v) is 3.11. The third kappa shape index (κ3) is 5.09. The van der Waals surface area contributed by atoms with Crippen LogP contribution in [-0.2, 0) is 11.2 Å². The first-order chi connectivity index (χ1) is 8.17. The van der Waals surface area contributed by atoms with Crippen LogP contribution in [0, 0.1) is 0 Å². The lowest BCUT2D eigenvalue weighted by molar-refractivity contribution is -0.130. The van der Waals surface area contributed by atoms with Gasteiger partial charge in [0.1, 0.15) is 0 Å². The second-order valence-corrected chi connectivity index (χ2v) is 5.17. The van der Waals surface area contributed by atoms with Gasteiger partial charge in [-0.2, -0.15) is 0 Å². The molecule has 94 valence electrons. The van der Waals surface area contributed by atoms with Crippen LogP contribution in [0.15, 0.2) is 28.7 Å². The zero-order valence-corrected chi connectivity index (χ0v) is 12.3. The number of hydrogen-bond acceptors (Lipinski definition) is 1. The van der Waals surface area contributed by atoms with E-state index in [1.165, 1.54) is 0 Å². The highest BCUT2D eigenvalue weighted by Crippen LogP contribution is 2.13. The van der Waals surface area contributed by atoms with E-state index >= 15 is 0 Å². The molecule has 1 aromatic carbocycles. The fraction of sp³-hybridized carbons (Fsp3) is 0.462. The van der Waals surface area contributed by atoms with Gasteiger partial charge in [-0.25, -0.2) is 0 Å². The summed E-state index contributed by atoms with van der Waals surface area (Å²) >= 11 is 9.11. The smallest absolute Gasteiger partial charge is 0.227 e. The Bertz CT molecular complexity index is 364. The van der Waals surface area contributed by atoms with Crippen molar-refractivity contribution >= 4 is 33.4 Å². The van der Waals surface area contributed by atoms with Crippen LogP contribution in [0.25, 0.3) is 0 Å². The lowest BCUT2D eigenvalue weighted by Gasteiger charge is -2.21. The summed E-state index contributed by atoms with van der Waals surface area (Å²) in [5.41, 5.74) is 1.03. The quantitative estimate of drug-likeness (QED) is 0.736. The largest absolute Gasteiger partial charge is 0.341 e. The number of nitrogens with zero attached hydrogens (tertiary/aromatic N) is 1. The molecule has 1 amide bonds. The first-order valence-electron chi connectivity index (χ1n) is 5.75. The zero-order chi connectivity index (χ0) is 12.7. The van der Waals surface area contributed by atoms with E-state index in [1.807, 2.05) is 29.2 Å². The van der Waals surface area contributed by atoms with Gasteiger partial charge in [0.2, 0.25) is 5.91 Å². The summed E-state index contributed by atoms with van der Waals surface area (Å²) in [6.07, 6.45) is 1.40. The number of carbonyl (C=O) groups excluding carboxylic acids is 1. The fourth-order valence-electron chi connectivity index (χ4n) is 1.67. The van der Waals surface area contributed by atoms with Crippen molar-refractivity contribution < 1.29 is 4.79 Å². The van der Waals surface area contributed by atoms with Gasteiger partial charge in [-0.3, -0.25) is 4.79 Å². The lowest BCUT2D eigenvalue weighted by Crippen LogP contribution is -2.34. The van der Waals surface area contributed by atoms with Crippen molar-refractivity contribution in [3.05, 3.63) is 34.3 Å². The molecule has 0 heterocycles. The van der Waals surface area contributed by atoms with Crippen LogP contribution in [-0.4, -0.2) is 29.8 Å². The van der Waals surface area contributed by atoms with Crippen LogP contribution in [0.5, 0.6) is 0 Å². The van der Waals surface area contributed by atoms with Crippen LogP contribution in [0.1, 0.15) is 18.9 Å². The standard InChI is InChI=1S/C13H17BrClNO/c1-2-7-16(8-6-15)13(17)10-11-4-3-5-12(14)9-11/h3-5,9H,2,6-8,10H2,1H3. The van der Waals surface area contributed by atoms with Gasteiger partial charge >= 0.3 is 0 Å². The molecule has 0 unspecified atom stereocenters. The first-order valence-corrected chi connectivity index (χ1v) is 7.08. The van der Waals surface area contributed by atoms with Gasteiger partial charge in [0.05, 0.1) is 6.42 Å². The molecule has 0 atom stereocenters. The number of rotatable bonds is 6. The molecule has 0 aliphatic rings. The van der Waals surface area contributed by atoms with Crippen molar-refractivity contribution in [3.8, 4) is 0 Å². The van der Waals surface area contributed by atoms with Gasteiger partial charge in [0.15, 0.2) is 0 Å². The fourth-order valence-corrected chi connectivity index (χ4v) is 2.32. The molecule has 0 N–H and O–H groups in total. The van der Waals surface area contributed by atoms with E-state index in [0.717, 1.165) is 23.0 Å². The maximum Gasteiger partial charge on any atom is 0.227 e. The molecule has 0 aliphatic carbocycles. The number of hydrogen-bond donors (Lipinski definition) is 0. The highest BCUT2D eigenvalue weighted by atomic mass is 79.9. The predicted octanol–water partition coefficient (Wildman–Crippen LogP) is 3.47. The van der Waals surface area contributed by atoms with E-state index < -0.39 is 0 Å². The molecule has 1 rings (SSSR count). The molecule has 0 saturated heterocycles. The minimum atomic E-state index is 0.144. The molecule has 0 fully saturated rings. The molecule has 0 bridgehead atoms. The summed E-state index contributed by atoms with van der Waals surface area (Å²) in [5, 5.41) is 0. The minimum Gasteiger partial charge on any atom is -0.341 e. The van der Waals surface area contributed by atoms with Crippen molar-refractivity contribution in [2.75, 3.05) is 19.0 Å². The number of carbonyl (C=O) groups is 1. The molecular weight excluding hydrogens is 302 g/mol. The Morgan fingerprint density at radius 2 is 2.18 bits per heavy atom. The number of alkyl halides is 1. The average molecular weight is 319 g/mol. The van der Waals surface area contributed by atoms with Crippen molar-refractivity contribution in [1.82, 2.24) is 4.90 Å².